The van der Waals surface area contributed by atoms with Gasteiger partial charge in [0.15, 0.2) is 0 Å². The number of carbonyl (C=O) groups is 1. The summed E-state index contributed by atoms with van der Waals surface area (Å²) in [6.45, 7) is 16.3. The number of nitrogens with zero attached hydrogens (tertiary/aromatic N) is 4. The summed E-state index contributed by atoms with van der Waals surface area (Å²) in [4.78, 5) is 28.0. The van der Waals surface area contributed by atoms with Crippen molar-refractivity contribution < 1.29 is 23.7 Å². The Balaban J connectivity index is 1.62. The SMILES string of the molecule is C[Si](C)(C)CCOCO[C@@H]1[C@@H](OCOCC[Si](C)(C)C)[C@@H](Cc2ccccc2)N(Cc2ccncc2)C(=O)N(Cc2ccncc2)[C@@H]1Cc1ccccc1. The normalized spacial score (nSPS) is 19.6. The molecular weight excluding hydrogens is 709 g/mol. The molecule has 2 aromatic carbocycles. The average Bonchev–Trinajstić information content (AvgIpc) is 3.22. The Morgan fingerprint density at radius 2 is 0.907 bits per heavy atom. The van der Waals surface area contributed by atoms with E-state index in [2.05, 4.69) is 73.5 Å². The van der Waals surface area contributed by atoms with Gasteiger partial charge in [-0.15, -0.1) is 0 Å². The topological polar surface area (TPSA) is 86.2 Å². The van der Waals surface area contributed by atoms with Gasteiger partial charge in [-0.25, -0.2) is 4.79 Å². The lowest BCUT2D eigenvalue weighted by atomic mass is 9.90. The van der Waals surface area contributed by atoms with Crippen molar-refractivity contribution in [3.05, 3.63) is 132 Å². The number of amides is 2. The number of rotatable bonds is 20. The van der Waals surface area contributed by atoms with Crippen molar-refractivity contribution in [3.63, 3.8) is 0 Å². The smallest absolute Gasteiger partial charge is 0.321 e. The Kier molecular flexibility index (Phi) is 15.6. The zero-order chi connectivity index (χ0) is 38.4. The zero-order valence-electron chi connectivity index (χ0n) is 33.1. The van der Waals surface area contributed by atoms with E-state index in [1.165, 1.54) is 0 Å². The van der Waals surface area contributed by atoms with E-state index in [-0.39, 0.29) is 19.6 Å². The fourth-order valence-corrected chi connectivity index (χ4v) is 8.20. The molecule has 11 heteroatoms. The van der Waals surface area contributed by atoms with Crippen LogP contribution in [-0.4, -0.2) is 93.0 Å². The van der Waals surface area contributed by atoms with Gasteiger partial charge in [-0.3, -0.25) is 9.97 Å². The minimum absolute atomic E-state index is 0.0792. The summed E-state index contributed by atoms with van der Waals surface area (Å²) in [5.74, 6) is 0. The average molecular weight is 769 g/mol. The fraction of sp³-hybridized carbons (Fsp3) is 0.465. The molecule has 54 heavy (non-hydrogen) atoms. The molecular formula is C43H60N4O5Si2. The number of hydrogen-bond donors (Lipinski definition) is 0. The fourth-order valence-electron chi connectivity index (χ4n) is 6.68. The van der Waals surface area contributed by atoms with Crippen molar-refractivity contribution in [3.8, 4) is 0 Å². The van der Waals surface area contributed by atoms with Crippen LogP contribution in [0.3, 0.4) is 0 Å². The molecule has 1 saturated heterocycles. The first-order valence-electron chi connectivity index (χ1n) is 19.3. The van der Waals surface area contributed by atoms with E-state index < -0.39 is 40.4 Å². The second-order valence-electron chi connectivity index (χ2n) is 16.7. The monoisotopic (exact) mass is 768 g/mol. The highest BCUT2D eigenvalue weighted by Gasteiger charge is 2.49. The highest BCUT2D eigenvalue weighted by atomic mass is 28.3. The second-order valence-corrected chi connectivity index (χ2v) is 27.9. The van der Waals surface area contributed by atoms with Crippen LogP contribution in [-0.2, 0) is 44.9 Å². The van der Waals surface area contributed by atoms with E-state index in [1.54, 1.807) is 24.8 Å². The molecule has 0 aliphatic carbocycles. The van der Waals surface area contributed by atoms with Gasteiger partial charge in [0.1, 0.15) is 25.8 Å². The zero-order valence-corrected chi connectivity index (χ0v) is 35.1. The van der Waals surface area contributed by atoms with Crippen LogP contribution in [0.15, 0.2) is 110 Å². The Bertz CT molecular complexity index is 1540. The lowest BCUT2D eigenvalue weighted by Gasteiger charge is -2.38. The summed E-state index contributed by atoms with van der Waals surface area (Å²) in [6.07, 6.45) is 7.13. The number of urea groups is 1. The first-order chi connectivity index (χ1) is 26.0. The van der Waals surface area contributed by atoms with Crippen LogP contribution in [0.5, 0.6) is 0 Å². The summed E-state index contributed by atoms with van der Waals surface area (Å²) < 4.78 is 26.4. The molecule has 2 aromatic heterocycles. The van der Waals surface area contributed by atoms with E-state index >= 15 is 4.79 Å². The Morgan fingerprint density at radius 1 is 0.537 bits per heavy atom. The van der Waals surface area contributed by atoms with Crippen LogP contribution >= 0.6 is 0 Å². The summed E-state index contributed by atoms with van der Waals surface area (Å²) in [5.41, 5.74) is 4.18. The number of aromatic nitrogens is 2. The maximum atomic E-state index is 15.5. The van der Waals surface area contributed by atoms with Gasteiger partial charge in [-0.1, -0.05) is 99.9 Å². The molecule has 1 aliphatic rings. The first kappa shape index (κ1) is 41.4. The molecule has 5 rings (SSSR count). The third kappa shape index (κ3) is 13.2. The molecule has 290 valence electrons. The van der Waals surface area contributed by atoms with Crippen LogP contribution in [0.1, 0.15) is 22.3 Å². The highest BCUT2D eigenvalue weighted by molar-refractivity contribution is 6.76. The predicted octanol–water partition coefficient (Wildman–Crippen LogP) is 8.53. The predicted molar refractivity (Wildman–Crippen MR) is 221 cm³/mol. The molecule has 1 fully saturated rings. The molecule has 2 amide bonds. The van der Waals surface area contributed by atoms with E-state index in [0.717, 1.165) is 34.3 Å². The molecule has 9 nitrogen and oxygen atoms in total. The van der Waals surface area contributed by atoms with Crippen LogP contribution in [0, 0.1) is 0 Å². The van der Waals surface area contributed by atoms with Crippen molar-refractivity contribution in [2.45, 2.75) is 102 Å². The summed E-state index contributed by atoms with van der Waals surface area (Å²) >= 11 is 0. The van der Waals surface area contributed by atoms with E-state index in [0.29, 0.717) is 39.1 Å². The van der Waals surface area contributed by atoms with E-state index in [4.69, 9.17) is 18.9 Å². The van der Waals surface area contributed by atoms with Gasteiger partial charge in [-0.2, -0.15) is 0 Å². The lowest BCUT2D eigenvalue weighted by Crippen LogP contribution is -2.53. The largest absolute Gasteiger partial charge is 0.356 e. The van der Waals surface area contributed by atoms with Crippen molar-refractivity contribution in [1.29, 1.82) is 0 Å². The van der Waals surface area contributed by atoms with Gasteiger partial charge in [0.05, 0.1) is 12.1 Å². The van der Waals surface area contributed by atoms with Crippen molar-refractivity contribution >= 4 is 22.2 Å². The maximum absolute atomic E-state index is 15.5. The molecule has 0 spiro atoms. The van der Waals surface area contributed by atoms with Crippen LogP contribution in [0.4, 0.5) is 4.79 Å². The van der Waals surface area contributed by atoms with Crippen molar-refractivity contribution in [2.24, 2.45) is 0 Å². The van der Waals surface area contributed by atoms with Gasteiger partial charge < -0.3 is 28.7 Å². The van der Waals surface area contributed by atoms with Gasteiger partial charge in [0.2, 0.25) is 0 Å². The number of hydrogen-bond acceptors (Lipinski definition) is 7. The molecule has 3 heterocycles. The molecule has 0 bridgehead atoms. The van der Waals surface area contributed by atoms with Crippen LogP contribution < -0.4 is 0 Å². The first-order valence-corrected chi connectivity index (χ1v) is 26.7. The quantitative estimate of drug-likeness (QED) is 0.0506. The minimum atomic E-state index is -1.32. The molecule has 4 aromatic rings. The van der Waals surface area contributed by atoms with E-state index in [9.17, 15) is 0 Å². The second kappa shape index (κ2) is 20.3. The lowest BCUT2D eigenvalue weighted by molar-refractivity contribution is -0.188. The van der Waals surface area contributed by atoms with Crippen molar-refractivity contribution in [2.75, 3.05) is 26.8 Å². The number of carbonyl (C=O) groups excluding carboxylic acids is 1. The molecule has 1 aliphatic heterocycles. The summed E-state index contributed by atoms with van der Waals surface area (Å²) in [5, 5.41) is 0. The number of benzene rings is 2. The van der Waals surface area contributed by atoms with Crippen LogP contribution in [0.2, 0.25) is 51.4 Å². The highest BCUT2D eigenvalue weighted by Crippen LogP contribution is 2.33. The van der Waals surface area contributed by atoms with Gasteiger partial charge in [0, 0.05) is 67.2 Å². The third-order valence-corrected chi connectivity index (χ3v) is 13.2. The standard InChI is InChI=1S/C43H60N4O5Si2/c1-53(2,3)27-25-49-33-51-41-39(29-35-13-9-7-10-14-35)46(31-37-17-21-44-22-18-37)43(48)47(32-38-19-23-45-24-20-38)40(30-36-15-11-8-12-16-36)42(41)52-34-50-26-28-54(4,5)6/h7-24,39-42H,25-34H2,1-6H3/t39-,40-,41+,42+/m1/s1. The Hall–Kier alpha value is -3.72. The molecule has 0 unspecified atom stereocenters. The van der Waals surface area contributed by atoms with E-state index in [1.807, 2.05) is 70.5 Å². The minimum Gasteiger partial charge on any atom is -0.356 e. The van der Waals surface area contributed by atoms with Crippen LogP contribution in [0.25, 0.3) is 0 Å². The van der Waals surface area contributed by atoms with Gasteiger partial charge >= 0.3 is 6.03 Å². The third-order valence-electron chi connectivity index (χ3n) is 9.83. The molecule has 4 atom stereocenters. The molecule has 0 saturated carbocycles. The number of pyridine rings is 2. The van der Waals surface area contributed by atoms with Crippen molar-refractivity contribution in [1.82, 2.24) is 19.8 Å². The maximum Gasteiger partial charge on any atom is 0.321 e. The summed E-state index contributed by atoms with van der Waals surface area (Å²) in [7, 11) is -2.65. The summed E-state index contributed by atoms with van der Waals surface area (Å²) in [6, 6.07) is 29.8. The Labute approximate surface area is 325 Å². The Morgan fingerprint density at radius 3 is 1.26 bits per heavy atom. The molecule has 0 radical (unpaired) electrons. The molecule has 0 N–H and O–H groups in total. The number of ether oxygens (including phenoxy) is 4. The van der Waals surface area contributed by atoms with Gasteiger partial charge in [0.25, 0.3) is 0 Å². The van der Waals surface area contributed by atoms with Gasteiger partial charge in [-0.05, 0) is 71.4 Å².